The van der Waals surface area contributed by atoms with Gasteiger partial charge in [-0.3, -0.25) is 14.9 Å². The zero-order valence-corrected chi connectivity index (χ0v) is 23.7. The molecule has 216 valence electrons. The highest BCUT2D eigenvalue weighted by Crippen LogP contribution is 2.29. The Hall–Kier alpha value is -3.52. The molecule has 1 aliphatic heterocycles. The summed E-state index contributed by atoms with van der Waals surface area (Å²) in [5.41, 5.74) is 10.4. The quantitative estimate of drug-likeness (QED) is 0.258. The van der Waals surface area contributed by atoms with E-state index < -0.39 is 17.6 Å². The predicted molar refractivity (Wildman–Crippen MR) is 161 cm³/mol. The van der Waals surface area contributed by atoms with E-state index in [-0.39, 0.29) is 17.9 Å². The van der Waals surface area contributed by atoms with Crippen LogP contribution in [0.5, 0.6) is 0 Å². The summed E-state index contributed by atoms with van der Waals surface area (Å²) in [6.07, 6.45) is 5.45. The molecule has 41 heavy (non-hydrogen) atoms. The van der Waals surface area contributed by atoms with Gasteiger partial charge in [0.05, 0.1) is 30.8 Å². The number of nitrogens with two attached hydrogens (primary N) is 1. The standard InChI is InChI=1S/C34H42N4O3/c35-22-34(23-41-24-34)38-31(21-19-26-12-5-2-6-13-26)33(40)37-30(20-18-25-10-3-1-4-11-25)32(39)36-29-17-9-15-27-14-7-8-16-28(27)29/h1-8,10-14,16,29-31,38H,9,15,17-24,35H2,(H,36,39)(H,37,40)/t29-,30+,31+/m1/s1. The normalized spacial score (nSPS) is 18.8. The van der Waals surface area contributed by atoms with Crippen LogP contribution in [-0.2, 0) is 33.6 Å². The number of nitrogens with one attached hydrogen (secondary N) is 3. The molecule has 0 spiro atoms. The topological polar surface area (TPSA) is 105 Å². The summed E-state index contributed by atoms with van der Waals surface area (Å²) in [4.78, 5) is 27.7. The first kappa shape index (κ1) is 29.0. The SMILES string of the molecule is NCC1(N[C@@H](CCc2ccccc2)C(=O)N[C@@H](CCc2ccccc2)C(=O)N[C@@H]2CCCc3ccccc32)COC1. The number of aryl methyl sites for hydroxylation is 3. The summed E-state index contributed by atoms with van der Waals surface area (Å²) in [6, 6.07) is 27.3. The number of rotatable bonds is 13. The summed E-state index contributed by atoms with van der Waals surface area (Å²) in [5, 5.41) is 9.92. The molecule has 2 amide bonds. The zero-order valence-electron chi connectivity index (χ0n) is 23.7. The van der Waals surface area contributed by atoms with Crippen molar-refractivity contribution in [2.45, 2.75) is 68.6 Å². The monoisotopic (exact) mass is 554 g/mol. The van der Waals surface area contributed by atoms with E-state index in [1.54, 1.807) is 0 Å². The van der Waals surface area contributed by atoms with Crippen molar-refractivity contribution in [3.8, 4) is 0 Å². The van der Waals surface area contributed by atoms with E-state index in [1.807, 2.05) is 42.5 Å². The molecular formula is C34H42N4O3. The lowest BCUT2D eigenvalue weighted by atomic mass is 9.87. The number of benzene rings is 3. The van der Waals surface area contributed by atoms with Crippen LogP contribution in [0.3, 0.4) is 0 Å². The summed E-state index contributed by atoms with van der Waals surface area (Å²) in [6.45, 7) is 1.32. The van der Waals surface area contributed by atoms with E-state index in [4.69, 9.17) is 10.5 Å². The van der Waals surface area contributed by atoms with Crippen LogP contribution in [0.4, 0.5) is 0 Å². The number of carbonyl (C=O) groups is 2. The van der Waals surface area contributed by atoms with Gasteiger partial charge in [0, 0.05) is 6.54 Å². The minimum absolute atomic E-state index is 0.0526. The minimum Gasteiger partial charge on any atom is -0.377 e. The average molecular weight is 555 g/mol. The van der Waals surface area contributed by atoms with Crippen LogP contribution in [-0.4, -0.2) is 49.2 Å². The fourth-order valence-electron chi connectivity index (χ4n) is 5.88. The highest BCUT2D eigenvalue weighted by molar-refractivity contribution is 5.90. The average Bonchev–Trinajstić information content (AvgIpc) is 2.99. The second-order valence-electron chi connectivity index (χ2n) is 11.4. The molecule has 1 aliphatic carbocycles. The Bertz CT molecular complexity index is 1270. The molecule has 1 heterocycles. The molecule has 3 aromatic rings. The lowest BCUT2D eigenvalue weighted by Crippen LogP contribution is -2.69. The Balaban J connectivity index is 1.32. The fourth-order valence-corrected chi connectivity index (χ4v) is 5.88. The number of fused-ring (bicyclic) bond motifs is 1. The molecule has 0 bridgehead atoms. The second-order valence-corrected chi connectivity index (χ2v) is 11.4. The summed E-state index contributed by atoms with van der Waals surface area (Å²) in [7, 11) is 0. The van der Waals surface area contributed by atoms with Gasteiger partial charge in [-0.15, -0.1) is 0 Å². The van der Waals surface area contributed by atoms with E-state index in [1.165, 1.54) is 11.1 Å². The van der Waals surface area contributed by atoms with Crippen LogP contribution in [0.2, 0.25) is 0 Å². The summed E-state index contributed by atoms with van der Waals surface area (Å²) >= 11 is 0. The molecule has 0 aromatic heterocycles. The fraction of sp³-hybridized carbons (Fsp3) is 0.412. The molecule has 1 saturated heterocycles. The van der Waals surface area contributed by atoms with Crippen molar-refractivity contribution >= 4 is 11.8 Å². The Morgan fingerprint density at radius 3 is 2.05 bits per heavy atom. The van der Waals surface area contributed by atoms with E-state index in [0.29, 0.717) is 39.0 Å². The van der Waals surface area contributed by atoms with Gasteiger partial charge in [0.2, 0.25) is 11.8 Å². The number of hydrogen-bond acceptors (Lipinski definition) is 5. The van der Waals surface area contributed by atoms with Crippen LogP contribution >= 0.6 is 0 Å². The van der Waals surface area contributed by atoms with Crippen molar-refractivity contribution in [1.82, 2.24) is 16.0 Å². The molecule has 2 aliphatic rings. The van der Waals surface area contributed by atoms with E-state index in [2.05, 4.69) is 58.4 Å². The van der Waals surface area contributed by atoms with Gasteiger partial charge in [-0.1, -0.05) is 84.9 Å². The number of amides is 2. The molecule has 0 unspecified atom stereocenters. The van der Waals surface area contributed by atoms with Gasteiger partial charge in [0.1, 0.15) is 6.04 Å². The first-order chi connectivity index (χ1) is 20.0. The van der Waals surface area contributed by atoms with E-state index in [9.17, 15) is 9.59 Å². The summed E-state index contributed by atoms with van der Waals surface area (Å²) in [5.74, 6) is -0.323. The second kappa shape index (κ2) is 13.9. The molecule has 7 nitrogen and oxygen atoms in total. The summed E-state index contributed by atoms with van der Waals surface area (Å²) < 4.78 is 5.45. The van der Waals surface area contributed by atoms with Crippen molar-refractivity contribution in [1.29, 1.82) is 0 Å². The molecule has 0 radical (unpaired) electrons. The molecular weight excluding hydrogens is 512 g/mol. The van der Waals surface area contributed by atoms with Gasteiger partial charge in [-0.2, -0.15) is 0 Å². The molecule has 0 saturated carbocycles. The number of carbonyl (C=O) groups excluding carboxylic acids is 2. The number of ether oxygens (including phenoxy) is 1. The zero-order chi connectivity index (χ0) is 28.5. The Kier molecular flexibility index (Phi) is 9.83. The Morgan fingerprint density at radius 2 is 1.44 bits per heavy atom. The lowest BCUT2D eigenvalue weighted by molar-refractivity contribution is -0.133. The van der Waals surface area contributed by atoms with Gasteiger partial charge in [0.15, 0.2) is 0 Å². The first-order valence-electron chi connectivity index (χ1n) is 14.9. The van der Waals surface area contributed by atoms with Gasteiger partial charge < -0.3 is 21.1 Å². The molecule has 3 atom stereocenters. The van der Waals surface area contributed by atoms with Gasteiger partial charge in [0.25, 0.3) is 0 Å². The maximum Gasteiger partial charge on any atom is 0.243 e. The highest BCUT2D eigenvalue weighted by Gasteiger charge is 2.41. The van der Waals surface area contributed by atoms with Crippen molar-refractivity contribution in [3.63, 3.8) is 0 Å². The third-order valence-corrected chi connectivity index (χ3v) is 8.39. The third kappa shape index (κ3) is 7.61. The smallest absolute Gasteiger partial charge is 0.243 e. The maximum absolute atomic E-state index is 13.9. The van der Waals surface area contributed by atoms with E-state index >= 15 is 0 Å². The van der Waals surface area contributed by atoms with Crippen LogP contribution in [0, 0.1) is 0 Å². The first-order valence-corrected chi connectivity index (χ1v) is 14.9. The van der Waals surface area contributed by atoms with Crippen LogP contribution in [0.1, 0.15) is 54.0 Å². The Labute approximate surface area is 243 Å². The van der Waals surface area contributed by atoms with Gasteiger partial charge >= 0.3 is 0 Å². The molecule has 7 heteroatoms. The van der Waals surface area contributed by atoms with Crippen molar-refractivity contribution in [2.24, 2.45) is 5.73 Å². The van der Waals surface area contributed by atoms with Gasteiger partial charge in [-0.05, 0) is 67.2 Å². The molecule has 5 N–H and O–H groups in total. The Morgan fingerprint density at radius 1 is 0.829 bits per heavy atom. The van der Waals surface area contributed by atoms with Crippen molar-refractivity contribution < 1.29 is 14.3 Å². The third-order valence-electron chi connectivity index (χ3n) is 8.39. The molecule has 5 rings (SSSR count). The van der Waals surface area contributed by atoms with Crippen LogP contribution < -0.4 is 21.7 Å². The van der Waals surface area contributed by atoms with Crippen molar-refractivity contribution in [3.05, 3.63) is 107 Å². The number of hydrogen-bond donors (Lipinski definition) is 4. The van der Waals surface area contributed by atoms with Gasteiger partial charge in [-0.25, -0.2) is 0 Å². The maximum atomic E-state index is 13.9. The molecule has 3 aromatic carbocycles. The van der Waals surface area contributed by atoms with Crippen molar-refractivity contribution in [2.75, 3.05) is 19.8 Å². The molecule has 1 fully saturated rings. The van der Waals surface area contributed by atoms with Crippen LogP contribution in [0.15, 0.2) is 84.9 Å². The lowest BCUT2D eigenvalue weighted by Gasteiger charge is -2.43. The predicted octanol–water partition coefficient (Wildman–Crippen LogP) is 3.62. The van der Waals surface area contributed by atoms with Crippen LogP contribution in [0.25, 0.3) is 0 Å². The van der Waals surface area contributed by atoms with E-state index in [0.717, 1.165) is 36.8 Å². The largest absolute Gasteiger partial charge is 0.377 e. The minimum atomic E-state index is -0.663. The highest BCUT2D eigenvalue weighted by atomic mass is 16.5.